The Kier molecular flexibility index (Phi) is 2.41. The lowest BCUT2D eigenvalue weighted by molar-refractivity contribution is 0.479. The van der Waals surface area contributed by atoms with Gasteiger partial charge >= 0.3 is 0 Å². The highest BCUT2D eigenvalue weighted by Crippen LogP contribution is 2.55. The molecule has 1 rings (SSSR count). The third-order valence-corrected chi connectivity index (χ3v) is 3.07. The minimum absolute atomic E-state index is 0.700. The van der Waals surface area contributed by atoms with Gasteiger partial charge in [-0.15, -0.1) is 0 Å². The van der Waals surface area contributed by atoms with Crippen molar-refractivity contribution in [2.75, 3.05) is 0 Å². The van der Waals surface area contributed by atoms with E-state index in [1.54, 1.807) is 0 Å². The molecule has 0 aromatic heterocycles. The van der Waals surface area contributed by atoms with E-state index >= 15 is 0 Å². The van der Waals surface area contributed by atoms with Gasteiger partial charge in [0, 0.05) is 0 Å². The van der Waals surface area contributed by atoms with Gasteiger partial charge in [0.1, 0.15) is 0 Å². The van der Waals surface area contributed by atoms with Crippen LogP contribution in [0, 0.1) is 11.3 Å². The molecule has 0 bridgehead atoms. The van der Waals surface area contributed by atoms with Crippen molar-refractivity contribution in [3.05, 3.63) is 11.6 Å². The lowest BCUT2D eigenvalue weighted by atomic mass is 9.99. The summed E-state index contributed by atoms with van der Waals surface area (Å²) in [5, 5.41) is 0. The normalized spacial score (nSPS) is 35.1. The summed E-state index contributed by atoms with van der Waals surface area (Å²) in [6.07, 6.45) is 6.47. The lowest BCUT2D eigenvalue weighted by Gasteiger charge is -2.06. The fourth-order valence-electron chi connectivity index (χ4n) is 1.68. The molecule has 1 aliphatic carbocycles. The van der Waals surface area contributed by atoms with Crippen LogP contribution in [0.2, 0.25) is 0 Å². The van der Waals surface area contributed by atoms with Crippen LogP contribution in [0.1, 0.15) is 47.0 Å². The third kappa shape index (κ3) is 2.36. The molecule has 0 radical (unpaired) electrons. The van der Waals surface area contributed by atoms with Crippen LogP contribution < -0.4 is 0 Å². The number of hydrogen-bond acceptors (Lipinski definition) is 0. The van der Waals surface area contributed by atoms with Gasteiger partial charge in [0.15, 0.2) is 0 Å². The van der Waals surface area contributed by atoms with Gasteiger partial charge in [-0.2, -0.15) is 0 Å². The monoisotopic (exact) mass is 152 g/mol. The second-order valence-electron chi connectivity index (χ2n) is 4.58. The van der Waals surface area contributed by atoms with Gasteiger partial charge in [0.25, 0.3) is 0 Å². The molecule has 2 atom stereocenters. The van der Waals surface area contributed by atoms with Crippen molar-refractivity contribution < 1.29 is 0 Å². The molecule has 0 spiro atoms. The molecule has 0 N–H and O–H groups in total. The van der Waals surface area contributed by atoms with E-state index in [0.717, 1.165) is 5.92 Å². The van der Waals surface area contributed by atoms with E-state index in [4.69, 9.17) is 0 Å². The summed E-state index contributed by atoms with van der Waals surface area (Å²) in [7, 11) is 0. The summed E-state index contributed by atoms with van der Waals surface area (Å²) in [6, 6.07) is 0. The lowest BCUT2D eigenvalue weighted by Crippen LogP contribution is -1.94. The van der Waals surface area contributed by atoms with Crippen molar-refractivity contribution in [2.24, 2.45) is 11.3 Å². The molecule has 0 aromatic carbocycles. The smallest absolute Gasteiger partial charge is 0.0294 e. The maximum atomic E-state index is 2.41. The van der Waals surface area contributed by atoms with E-state index in [1.807, 2.05) is 0 Å². The topological polar surface area (TPSA) is 0 Å². The Morgan fingerprint density at radius 3 is 2.45 bits per heavy atom. The molecule has 0 aromatic rings. The predicted octanol–water partition coefficient (Wildman–Crippen LogP) is 3.78. The summed E-state index contributed by atoms with van der Waals surface area (Å²) in [6.45, 7) is 9.14. The highest BCUT2D eigenvalue weighted by Gasteiger charge is 2.45. The summed E-state index contributed by atoms with van der Waals surface area (Å²) >= 11 is 0. The highest BCUT2D eigenvalue weighted by molar-refractivity contribution is 5.00. The summed E-state index contributed by atoms with van der Waals surface area (Å²) in [4.78, 5) is 0. The Balaban J connectivity index is 2.19. The first kappa shape index (κ1) is 8.83. The molecule has 0 saturated heterocycles. The third-order valence-electron chi connectivity index (χ3n) is 3.07. The van der Waals surface area contributed by atoms with E-state index < -0.39 is 0 Å². The van der Waals surface area contributed by atoms with Crippen molar-refractivity contribution in [3.63, 3.8) is 0 Å². The van der Waals surface area contributed by atoms with Gasteiger partial charge in [-0.25, -0.2) is 0 Å². The second kappa shape index (κ2) is 3.00. The van der Waals surface area contributed by atoms with Crippen molar-refractivity contribution in [1.29, 1.82) is 0 Å². The molecular weight excluding hydrogens is 132 g/mol. The van der Waals surface area contributed by atoms with Crippen molar-refractivity contribution >= 4 is 0 Å². The van der Waals surface area contributed by atoms with Gasteiger partial charge in [-0.3, -0.25) is 0 Å². The largest absolute Gasteiger partial charge is 0.0859 e. The molecule has 0 amide bonds. The van der Waals surface area contributed by atoms with Crippen molar-refractivity contribution in [3.8, 4) is 0 Å². The molecule has 1 fully saturated rings. The van der Waals surface area contributed by atoms with Crippen LogP contribution >= 0.6 is 0 Å². The molecule has 1 aliphatic rings. The predicted molar refractivity (Wildman–Crippen MR) is 50.6 cm³/mol. The van der Waals surface area contributed by atoms with Gasteiger partial charge in [0.05, 0.1) is 0 Å². The highest BCUT2D eigenvalue weighted by atomic mass is 14.5. The summed E-state index contributed by atoms with van der Waals surface area (Å²) in [5.74, 6) is 0.980. The average molecular weight is 152 g/mol. The standard InChI is InChI=1S/C11H20/c1-9(2)6-5-7-11(4)8-10(11)3/h6,10H,5,7-8H2,1-4H3/t10-,11-/m1/s1. The van der Waals surface area contributed by atoms with Crippen molar-refractivity contribution in [1.82, 2.24) is 0 Å². The van der Waals surface area contributed by atoms with Crippen LogP contribution in [0.4, 0.5) is 0 Å². The SMILES string of the molecule is CC(C)=CCC[C@]1(C)C[C@H]1C. The van der Waals surface area contributed by atoms with Crippen LogP contribution in [-0.4, -0.2) is 0 Å². The molecular formula is C11H20. The zero-order chi connectivity index (χ0) is 8.48. The molecule has 0 heterocycles. The quantitative estimate of drug-likeness (QED) is 0.540. The van der Waals surface area contributed by atoms with Gasteiger partial charge in [0.2, 0.25) is 0 Å². The Hall–Kier alpha value is -0.260. The maximum Gasteiger partial charge on any atom is -0.0294 e. The molecule has 0 heteroatoms. The van der Waals surface area contributed by atoms with E-state index in [0.29, 0.717) is 5.41 Å². The fraction of sp³-hybridized carbons (Fsp3) is 0.818. The first-order chi connectivity index (χ1) is 5.04. The Bertz CT molecular complexity index is 163. The minimum atomic E-state index is 0.700. The molecule has 11 heavy (non-hydrogen) atoms. The van der Waals surface area contributed by atoms with Gasteiger partial charge in [-0.05, 0) is 44.4 Å². The first-order valence-electron chi connectivity index (χ1n) is 4.68. The van der Waals surface area contributed by atoms with Crippen LogP contribution in [0.5, 0.6) is 0 Å². The summed E-state index contributed by atoms with van der Waals surface area (Å²) in [5.41, 5.74) is 2.16. The van der Waals surface area contributed by atoms with Crippen LogP contribution in [0.25, 0.3) is 0 Å². The Labute approximate surface area is 70.7 Å². The fourth-order valence-corrected chi connectivity index (χ4v) is 1.68. The zero-order valence-electron chi connectivity index (χ0n) is 8.28. The van der Waals surface area contributed by atoms with Crippen molar-refractivity contribution in [2.45, 2.75) is 47.0 Å². The van der Waals surface area contributed by atoms with Crippen LogP contribution in [-0.2, 0) is 0 Å². The zero-order valence-corrected chi connectivity index (χ0v) is 8.28. The van der Waals surface area contributed by atoms with Gasteiger partial charge in [-0.1, -0.05) is 25.5 Å². The molecule has 1 saturated carbocycles. The molecule has 0 nitrogen and oxygen atoms in total. The second-order valence-corrected chi connectivity index (χ2v) is 4.58. The average Bonchev–Trinajstić information content (AvgIpc) is 2.39. The van der Waals surface area contributed by atoms with E-state index in [1.165, 1.54) is 24.8 Å². The first-order valence-corrected chi connectivity index (χ1v) is 4.68. The van der Waals surface area contributed by atoms with E-state index in [2.05, 4.69) is 33.8 Å². The Morgan fingerprint density at radius 1 is 1.55 bits per heavy atom. The van der Waals surface area contributed by atoms with Crippen LogP contribution in [0.15, 0.2) is 11.6 Å². The molecule has 64 valence electrons. The minimum Gasteiger partial charge on any atom is -0.0859 e. The Morgan fingerprint density at radius 2 is 2.09 bits per heavy atom. The van der Waals surface area contributed by atoms with E-state index in [-0.39, 0.29) is 0 Å². The molecule has 0 unspecified atom stereocenters. The number of hydrogen-bond donors (Lipinski definition) is 0. The van der Waals surface area contributed by atoms with E-state index in [9.17, 15) is 0 Å². The van der Waals surface area contributed by atoms with Gasteiger partial charge < -0.3 is 0 Å². The number of rotatable bonds is 3. The van der Waals surface area contributed by atoms with Crippen LogP contribution in [0.3, 0.4) is 0 Å². The maximum absolute atomic E-state index is 2.41. The summed E-state index contributed by atoms with van der Waals surface area (Å²) < 4.78 is 0. The number of allylic oxidation sites excluding steroid dienone is 2. The molecule has 0 aliphatic heterocycles.